The first-order chi connectivity index (χ1) is 31.5. The highest BCUT2D eigenvalue weighted by molar-refractivity contribution is 6.17. The van der Waals surface area contributed by atoms with E-state index < -0.39 is 0 Å². The van der Waals surface area contributed by atoms with Crippen LogP contribution in [0.3, 0.4) is 0 Å². The minimum absolute atomic E-state index is 0.140. The molecule has 0 bridgehead atoms. The van der Waals surface area contributed by atoms with Gasteiger partial charge in [0, 0.05) is 38.6 Å². The topological polar surface area (TPSA) is 43.6 Å². The van der Waals surface area contributed by atoms with Crippen LogP contribution < -0.4 is 0 Å². The summed E-state index contributed by atoms with van der Waals surface area (Å²) in [5.41, 5.74) is 18.7. The predicted molar refractivity (Wildman–Crippen MR) is 264 cm³/mol. The third-order valence-corrected chi connectivity index (χ3v) is 13.0. The van der Waals surface area contributed by atoms with Crippen LogP contribution in [0.1, 0.15) is 25.0 Å². The van der Waals surface area contributed by atoms with Gasteiger partial charge in [-0.2, -0.15) is 0 Å². The van der Waals surface area contributed by atoms with Gasteiger partial charge in [0.1, 0.15) is 0 Å². The van der Waals surface area contributed by atoms with Gasteiger partial charge in [-0.05, 0) is 86.0 Å². The average molecular weight is 819 g/mol. The maximum absolute atomic E-state index is 5.02. The predicted octanol–water partition coefficient (Wildman–Crippen LogP) is 15.3. The molecule has 0 unspecified atom stereocenters. The van der Waals surface area contributed by atoms with Gasteiger partial charge < -0.3 is 4.57 Å². The quantitative estimate of drug-likeness (QED) is 0.161. The van der Waals surface area contributed by atoms with Crippen molar-refractivity contribution in [3.05, 3.63) is 230 Å². The summed E-state index contributed by atoms with van der Waals surface area (Å²) < 4.78 is 2.44. The molecule has 0 spiro atoms. The molecule has 12 rings (SSSR count). The molecule has 0 saturated carbocycles. The molecule has 1 aliphatic carbocycles. The van der Waals surface area contributed by atoms with Gasteiger partial charge in [-0.1, -0.05) is 202 Å². The first kappa shape index (κ1) is 37.5. The highest BCUT2D eigenvalue weighted by Gasteiger charge is 2.37. The molecular formula is C60H42N4. The number of rotatable bonds is 7. The fourth-order valence-corrected chi connectivity index (χ4v) is 10.0. The Bertz CT molecular complexity index is 3490. The molecule has 0 saturated heterocycles. The van der Waals surface area contributed by atoms with Gasteiger partial charge in [0.25, 0.3) is 0 Å². The largest absolute Gasteiger partial charge is 0.309 e. The third kappa shape index (κ3) is 6.18. The lowest BCUT2D eigenvalue weighted by atomic mass is 9.79. The summed E-state index contributed by atoms with van der Waals surface area (Å²) in [5.74, 6) is 1.93. The molecule has 64 heavy (non-hydrogen) atoms. The van der Waals surface area contributed by atoms with Crippen LogP contribution in [0.2, 0.25) is 0 Å². The first-order valence-electron chi connectivity index (χ1n) is 21.9. The molecule has 2 heterocycles. The average Bonchev–Trinajstić information content (AvgIpc) is 3.83. The van der Waals surface area contributed by atoms with E-state index in [9.17, 15) is 0 Å². The van der Waals surface area contributed by atoms with E-state index in [0.717, 1.165) is 39.0 Å². The fraction of sp³-hybridized carbons (Fsp3) is 0.0500. The van der Waals surface area contributed by atoms with Gasteiger partial charge in [0.15, 0.2) is 17.5 Å². The Labute approximate surface area is 372 Å². The zero-order valence-corrected chi connectivity index (χ0v) is 35.6. The standard InChI is InChI=1S/C60H42N4/c1-60(2)52-29-13-12-25-49(52)50-28-15-27-48(56(50)60)45-35-36-53-51(38-45)55-47(26-16-30-54(55)64(53)46-24-14-23-44(37-46)39-17-6-3-7-18-39)40-31-33-43(34-32-40)59-62-57(41-19-8-4-9-20-41)61-58(63-59)42-21-10-5-11-22-42/h3-38H,1-2H3. The normalized spacial score (nSPS) is 12.7. The minimum atomic E-state index is -0.140. The van der Waals surface area contributed by atoms with Gasteiger partial charge in [-0.15, -0.1) is 0 Å². The van der Waals surface area contributed by atoms with Crippen LogP contribution in [0.15, 0.2) is 218 Å². The van der Waals surface area contributed by atoms with Crippen molar-refractivity contribution in [1.82, 2.24) is 19.5 Å². The SMILES string of the molecule is CC1(C)c2ccccc2-c2cccc(-c3ccc4c(c3)c3c(-c5ccc(-c6nc(-c7ccccc7)nc(-c7ccccc7)n6)cc5)cccc3n4-c3cccc(-c4ccccc4)c3)c21. The van der Waals surface area contributed by atoms with Crippen molar-refractivity contribution >= 4 is 21.8 Å². The highest BCUT2D eigenvalue weighted by atomic mass is 15.0. The fourth-order valence-electron chi connectivity index (χ4n) is 10.0. The van der Waals surface area contributed by atoms with Crippen LogP contribution in [-0.4, -0.2) is 19.5 Å². The molecule has 0 fully saturated rings. The maximum atomic E-state index is 5.02. The monoisotopic (exact) mass is 818 g/mol. The molecule has 11 aromatic rings. The molecular weight excluding hydrogens is 777 g/mol. The number of fused-ring (bicyclic) bond motifs is 6. The van der Waals surface area contributed by atoms with E-state index in [0.29, 0.717) is 17.5 Å². The van der Waals surface area contributed by atoms with E-state index in [1.807, 2.05) is 60.7 Å². The van der Waals surface area contributed by atoms with Crippen molar-refractivity contribution in [1.29, 1.82) is 0 Å². The Hall–Kier alpha value is -8.21. The molecule has 302 valence electrons. The number of nitrogens with zero attached hydrogens (tertiary/aromatic N) is 4. The van der Waals surface area contributed by atoms with Crippen LogP contribution in [0, 0.1) is 0 Å². The molecule has 0 N–H and O–H groups in total. The third-order valence-electron chi connectivity index (χ3n) is 13.0. The Morgan fingerprint density at radius 3 is 1.53 bits per heavy atom. The number of benzene rings is 9. The van der Waals surface area contributed by atoms with E-state index in [1.165, 1.54) is 60.8 Å². The van der Waals surface area contributed by atoms with Gasteiger partial charge in [-0.3, -0.25) is 0 Å². The summed E-state index contributed by atoms with van der Waals surface area (Å²) >= 11 is 0. The summed E-state index contributed by atoms with van der Waals surface area (Å²) in [6, 6.07) is 78.1. The smallest absolute Gasteiger partial charge is 0.164 e. The van der Waals surface area contributed by atoms with E-state index in [4.69, 9.17) is 15.0 Å². The van der Waals surface area contributed by atoms with E-state index in [-0.39, 0.29) is 5.41 Å². The van der Waals surface area contributed by atoms with Crippen molar-refractivity contribution in [3.63, 3.8) is 0 Å². The van der Waals surface area contributed by atoms with Crippen molar-refractivity contribution in [2.24, 2.45) is 0 Å². The van der Waals surface area contributed by atoms with Gasteiger partial charge in [0.05, 0.1) is 11.0 Å². The molecule has 0 radical (unpaired) electrons. The zero-order valence-electron chi connectivity index (χ0n) is 35.6. The Morgan fingerprint density at radius 1 is 0.344 bits per heavy atom. The second kappa shape index (κ2) is 15.0. The maximum Gasteiger partial charge on any atom is 0.164 e. The second-order valence-corrected chi connectivity index (χ2v) is 17.2. The summed E-state index contributed by atoms with van der Waals surface area (Å²) in [7, 11) is 0. The van der Waals surface area contributed by atoms with Crippen molar-refractivity contribution in [2.45, 2.75) is 19.3 Å². The van der Waals surface area contributed by atoms with Crippen molar-refractivity contribution in [2.75, 3.05) is 0 Å². The lowest BCUT2D eigenvalue weighted by Crippen LogP contribution is -2.16. The lowest BCUT2D eigenvalue weighted by Gasteiger charge is -2.24. The Morgan fingerprint density at radius 2 is 0.844 bits per heavy atom. The highest BCUT2D eigenvalue weighted by Crippen LogP contribution is 2.52. The Kier molecular flexibility index (Phi) is 8.80. The molecule has 0 atom stereocenters. The van der Waals surface area contributed by atoms with Crippen molar-refractivity contribution in [3.8, 4) is 84.4 Å². The molecule has 0 amide bonds. The zero-order chi connectivity index (χ0) is 42.8. The minimum Gasteiger partial charge on any atom is -0.309 e. The van der Waals surface area contributed by atoms with Crippen LogP contribution >= 0.6 is 0 Å². The lowest BCUT2D eigenvalue weighted by molar-refractivity contribution is 0.662. The van der Waals surface area contributed by atoms with Crippen molar-refractivity contribution < 1.29 is 0 Å². The summed E-state index contributed by atoms with van der Waals surface area (Å²) in [5, 5.41) is 2.42. The molecule has 4 heteroatoms. The molecule has 1 aliphatic rings. The van der Waals surface area contributed by atoms with Crippen LogP contribution in [0.25, 0.3) is 106 Å². The number of aromatic nitrogens is 4. The summed E-state index contributed by atoms with van der Waals surface area (Å²) in [4.78, 5) is 15.0. The molecule has 2 aromatic heterocycles. The Balaban J connectivity index is 1.04. The summed E-state index contributed by atoms with van der Waals surface area (Å²) in [6.07, 6.45) is 0. The number of hydrogen-bond donors (Lipinski definition) is 0. The van der Waals surface area contributed by atoms with E-state index >= 15 is 0 Å². The molecule has 9 aromatic carbocycles. The van der Waals surface area contributed by atoms with Crippen LogP contribution in [0.5, 0.6) is 0 Å². The van der Waals surface area contributed by atoms with Crippen LogP contribution in [0.4, 0.5) is 0 Å². The number of hydrogen-bond acceptors (Lipinski definition) is 3. The van der Waals surface area contributed by atoms with Gasteiger partial charge >= 0.3 is 0 Å². The van der Waals surface area contributed by atoms with Gasteiger partial charge in [0.2, 0.25) is 0 Å². The first-order valence-corrected chi connectivity index (χ1v) is 21.9. The van der Waals surface area contributed by atoms with E-state index in [2.05, 4.69) is 176 Å². The summed E-state index contributed by atoms with van der Waals surface area (Å²) in [6.45, 7) is 4.74. The van der Waals surface area contributed by atoms with Gasteiger partial charge in [-0.25, -0.2) is 15.0 Å². The second-order valence-electron chi connectivity index (χ2n) is 17.2. The molecule has 0 aliphatic heterocycles. The van der Waals surface area contributed by atoms with Crippen LogP contribution in [-0.2, 0) is 5.41 Å². The van der Waals surface area contributed by atoms with E-state index in [1.54, 1.807) is 0 Å². The molecule has 4 nitrogen and oxygen atoms in total.